The molecule has 0 spiro atoms. The zero-order valence-electron chi connectivity index (χ0n) is 12.5. The van der Waals surface area contributed by atoms with E-state index >= 15 is 0 Å². The Morgan fingerprint density at radius 2 is 1.29 bits per heavy atom. The van der Waals surface area contributed by atoms with Crippen molar-refractivity contribution < 1.29 is 0 Å². The molecule has 0 heterocycles. The van der Waals surface area contributed by atoms with Crippen LogP contribution >= 0.6 is 0 Å². The average molecular weight is 277 g/mol. The predicted octanol–water partition coefficient (Wildman–Crippen LogP) is 4.60. The maximum atomic E-state index is 3.97. The topological polar surface area (TPSA) is 12.0 Å². The van der Waals surface area contributed by atoms with Crippen LogP contribution in [-0.2, 0) is 6.42 Å². The van der Waals surface area contributed by atoms with E-state index in [4.69, 9.17) is 0 Å². The van der Waals surface area contributed by atoms with Crippen LogP contribution in [-0.4, -0.2) is 6.04 Å². The van der Waals surface area contributed by atoms with E-state index in [1.165, 1.54) is 54.4 Å². The fraction of sp³-hybridized carbons (Fsp3) is 0.400. The van der Waals surface area contributed by atoms with Gasteiger partial charge in [0.15, 0.2) is 0 Å². The number of rotatable bonds is 2. The maximum Gasteiger partial charge on any atom is 0.0584 e. The fourth-order valence-corrected chi connectivity index (χ4v) is 4.01. The van der Waals surface area contributed by atoms with E-state index < -0.39 is 0 Å². The summed E-state index contributed by atoms with van der Waals surface area (Å²) in [7, 11) is 0. The highest BCUT2D eigenvalue weighted by atomic mass is 15.0. The zero-order valence-corrected chi connectivity index (χ0v) is 12.5. The molecule has 1 heteroatoms. The van der Waals surface area contributed by atoms with Gasteiger partial charge in [-0.05, 0) is 41.5 Å². The molecule has 0 aliphatic heterocycles. The first-order chi connectivity index (χ1) is 10.4. The standard InChI is InChI=1S/C20H23N/c1-2-10-17(11-3-1)21-20-18-12-6-4-8-15(18)14-16-9-5-7-13-19(16)20/h4-9,12-13,17,20-21H,1-3,10-11,14H2. The second-order valence-corrected chi connectivity index (χ2v) is 6.51. The lowest BCUT2D eigenvalue weighted by Gasteiger charge is -2.34. The molecule has 1 fully saturated rings. The van der Waals surface area contributed by atoms with Crippen molar-refractivity contribution in [3.05, 3.63) is 70.8 Å². The first-order valence-corrected chi connectivity index (χ1v) is 8.33. The van der Waals surface area contributed by atoms with E-state index in [1.807, 2.05) is 0 Å². The molecule has 1 nitrogen and oxygen atoms in total. The molecule has 4 rings (SSSR count). The molecule has 2 aromatic rings. The van der Waals surface area contributed by atoms with Crippen molar-refractivity contribution in [2.45, 2.75) is 50.6 Å². The molecule has 2 aliphatic carbocycles. The van der Waals surface area contributed by atoms with E-state index in [1.54, 1.807) is 0 Å². The molecular weight excluding hydrogens is 254 g/mol. The minimum absolute atomic E-state index is 0.384. The van der Waals surface area contributed by atoms with Crippen molar-refractivity contribution in [3.63, 3.8) is 0 Å². The van der Waals surface area contributed by atoms with Gasteiger partial charge in [-0.15, -0.1) is 0 Å². The molecule has 0 bridgehead atoms. The molecule has 108 valence electrons. The lowest BCUT2D eigenvalue weighted by molar-refractivity contribution is 0.352. The summed E-state index contributed by atoms with van der Waals surface area (Å²) < 4.78 is 0. The van der Waals surface area contributed by atoms with Gasteiger partial charge in [0.2, 0.25) is 0 Å². The van der Waals surface area contributed by atoms with E-state index in [0.29, 0.717) is 12.1 Å². The minimum Gasteiger partial charge on any atom is -0.303 e. The number of benzene rings is 2. The van der Waals surface area contributed by atoms with Crippen LogP contribution in [0.3, 0.4) is 0 Å². The van der Waals surface area contributed by atoms with E-state index in [2.05, 4.69) is 53.8 Å². The van der Waals surface area contributed by atoms with Crippen molar-refractivity contribution in [1.82, 2.24) is 5.32 Å². The van der Waals surface area contributed by atoms with E-state index in [-0.39, 0.29) is 0 Å². The van der Waals surface area contributed by atoms with Crippen LogP contribution in [0.5, 0.6) is 0 Å². The monoisotopic (exact) mass is 277 g/mol. The van der Waals surface area contributed by atoms with Crippen molar-refractivity contribution in [2.75, 3.05) is 0 Å². The number of hydrogen-bond donors (Lipinski definition) is 1. The molecule has 0 atom stereocenters. The van der Waals surface area contributed by atoms with Crippen LogP contribution in [0.1, 0.15) is 60.4 Å². The summed E-state index contributed by atoms with van der Waals surface area (Å²) in [5.74, 6) is 0. The highest BCUT2D eigenvalue weighted by molar-refractivity contribution is 5.48. The summed E-state index contributed by atoms with van der Waals surface area (Å²) in [5.41, 5.74) is 5.96. The van der Waals surface area contributed by atoms with Crippen LogP contribution < -0.4 is 5.32 Å². The molecule has 1 N–H and O–H groups in total. The molecule has 0 saturated heterocycles. The molecule has 0 amide bonds. The van der Waals surface area contributed by atoms with Gasteiger partial charge in [0, 0.05) is 6.04 Å². The van der Waals surface area contributed by atoms with Gasteiger partial charge < -0.3 is 5.32 Å². The predicted molar refractivity (Wildman–Crippen MR) is 87.5 cm³/mol. The average Bonchev–Trinajstić information content (AvgIpc) is 2.55. The van der Waals surface area contributed by atoms with Crippen molar-refractivity contribution in [3.8, 4) is 0 Å². The molecule has 1 saturated carbocycles. The van der Waals surface area contributed by atoms with Crippen LogP contribution in [0.25, 0.3) is 0 Å². The third kappa shape index (κ3) is 2.51. The molecule has 21 heavy (non-hydrogen) atoms. The SMILES string of the molecule is c1ccc2c(c1)Cc1ccccc1C2NC1CCCCC1. The third-order valence-electron chi connectivity index (χ3n) is 5.12. The summed E-state index contributed by atoms with van der Waals surface area (Å²) >= 11 is 0. The molecule has 0 radical (unpaired) electrons. The Morgan fingerprint density at radius 1 is 0.714 bits per heavy atom. The van der Waals surface area contributed by atoms with E-state index in [9.17, 15) is 0 Å². The maximum absolute atomic E-state index is 3.97. The van der Waals surface area contributed by atoms with Crippen LogP contribution in [0.2, 0.25) is 0 Å². The van der Waals surface area contributed by atoms with Crippen molar-refractivity contribution in [2.24, 2.45) is 0 Å². The van der Waals surface area contributed by atoms with Gasteiger partial charge in [0.05, 0.1) is 6.04 Å². The Kier molecular flexibility index (Phi) is 3.52. The molecule has 2 aliphatic rings. The number of fused-ring (bicyclic) bond motifs is 2. The van der Waals surface area contributed by atoms with Gasteiger partial charge in [-0.25, -0.2) is 0 Å². The smallest absolute Gasteiger partial charge is 0.0584 e. The van der Waals surface area contributed by atoms with Crippen molar-refractivity contribution in [1.29, 1.82) is 0 Å². The molecule has 2 aromatic carbocycles. The number of hydrogen-bond acceptors (Lipinski definition) is 1. The summed E-state index contributed by atoms with van der Waals surface area (Å²) in [6, 6.07) is 19.0. The van der Waals surface area contributed by atoms with Gasteiger partial charge in [0.1, 0.15) is 0 Å². The third-order valence-corrected chi connectivity index (χ3v) is 5.12. The van der Waals surface area contributed by atoms with Gasteiger partial charge in [0.25, 0.3) is 0 Å². The Hall–Kier alpha value is -1.60. The molecule has 0 unspecified atom stereocenters. The first kappa shape index (κ1) is 13.1. The summed E-state index contributed by atoms with van der Waals surface area (Å²) in [4.78, 5) is 0. The largest absolute Gasteiger partial charge is 0.303 e. The minimum atomic E-state index is 0.384. The lowest BCUT2D eigenvalue weighted by Crippen LogP contribution is -2.37. The molecular formula is C20H23N. The van der Waals surface area contributed by atoms with Crippen LogP contribution in [0, 0.1) is 0 Å². The summed E-state index contributed by atoms with van der Waals surface area (Å²) in [5, 5.41) is 3.97. The highest BCUT2D eigenvalue weighted by Gasteiger charge is 2.27. The Bertz CT molecular complexity index is 580. The van der Waals surface area contributed by atoms with Gasteiger partial charge in [-0.2, -0.15) is 0 Å². The van der Waals surface area contributed by atoms with Gasteiger partial charge in [-0.3, -0.25) is 0 Å². The number of nitrogens with one attached hydrogen (secondary N) is 1. The Balaban J connectivity index is 1.70. The Morgan fingerprint density at radius 3 is 1.90 bits per heavy atom. The second kappa shape index (κ2) is 5.65. The highest BCUT2D eigenvalue weighted by Crippen LogP contribution is 2.36. The van der Waals surface area contributed by atoms with Gasteiger partial charge >= 0.3 is 0 Å². The quantitative estimate of drug-likeness (QED) is 0.845. The van der Waals surface area contributed by atoms with Crippen LogP contribution in [0.15, 0.2) is 48.5 Å². The second-order valence-electron chi connectivity index (χ2n) is 6.51. The normalized spacial score (nSPS) is 19.0. The lowest BCUT2D eigenvalue weighted by atomic mass is 9.81. The fourth-order valence-electron chi connectivity index (χ4n) is 4.01. The van der Waals surface area contributed by atoms with Gasteiger partial charge in [-0.1, -0.05) is 67.8 Å². The van der Waals surface area contributed by atoms with Crippen LogP contribution in [0.4, 0.5) is 0 Å². The summed E-state index contributed by atoms with van der Waals surface area (Å²) in [6.45, 7) is 0. The summed E-state index contributed by atoms with van der Waals surface area (Å²) in [6.07, 6.45) is 7.92. The molecule has 0 aromatic heterocycles. The Labute approximate surface area is 127 Å². The zero-order chi connectivity index (χ0) is 14.1. The van der Waals surface area contributed by atoms with E-state index in [0.717, 1.165) is 6.42 Å². The first-order valence-electron chi connectivity index (χ1n) is 8.33. The van der Waals surface area contributed by atoms with Crippen molar-refractivity contribution >= 4 is 0 Å².